The second kappa shape index (κ2) is 8.70. The van der Waals surface area contributed by atoms with E-state index in [2.05, 4.69) is 10.1 Å². The predicted molar refractivity (Wildman–Crippen MR) is 88.4 cm³/mol. The van der Waals surface area contributed by atoms with E-state index in [0.29, 0.717) is 11.3 Å². The maximum absolute atomic E-state index is 12.2. The third-order valence-corrected chi connectivity index (χ3v) is 3.20. The van der Waals surface area contributed by atoms with Crippen LogP contribution in [0.4, 0.5) is 14.5 Å². The molecule has 0 radical (unpaired) electrons. The lowest BCUT2D eigenvalue weighted by molar-refractivity contribution is -0.119. The Balaban J connectivity index is 1.88. The van der Waals surface area contributed by atoms with Crippen molar-refractivity contribution in [3.8, 4) is 5.75 Å². The number of rotatable bonds is 7. The van der Waals surface area contributed by atoms with Crippen LogP contribution in [-0.4, -0.2) is 30.9 Å². The first-order chi connectivity index (χ1) is 12.3. The molecule has 0 aliphatic rings. The van der Waals surface area contributed by atoms with Gasteiger partial charge >= 0.3 is 12.6 Å². The number of halogens is 2. The summed E-state index contributed by atoms with van der Waals surface area (Å²) in [5.74, 6) is -1.74. The van der Waals surface area contributed by atoms with Crippen LogP contribution in [0.5, 0.6) is 5.75 Å². The number of amides is 1. The molecule has 2 rings (SSSR count). The van der Waals surface area contributed by atoms with Gasteiger partial charge in [-0.05, 0) is 49.4 Å². The highest BCUT2D eigenvalue weighted by molar-refractivity contribution is 5.97. The first-order valence-corrected chi connectivity index (χ1v) is 7.48. The average Bonchev–Trinajstić information content (AvgIpc) is 2.59. The molecule has 0 spiro atoms. The number of benzene rings is 2. The van der Waals surface area contributed by atoms with Gasteiger partial charge in [-0.1, -0.05) is 6.07 Å². The molecule has 2 aromatic rings. The topological polar surface area (TPSA) is 81.7 Å². The quantitative estimate of drug-likeness (QED) is 0.603. The average molecular weight is 363 g/mol. The number of hydrogen-bond donors (Lipinski definition) is 1. The van der Waals surface area contributed by atoms with Crippen LogP contribution in [-0.2, 0) is 9.53 Å². The molecule has 26 heavy (non-hydrogen) atoms. The van der Waals surface area contributed by atoms with Gasteiger partial charge in [0.1, 0.15) is 5.75 Å². The van der Waals surface area contributed by atoms with Gasteiger partial charge < -0.3 is 14.8 Å². The maximum atomic E-state index is 12.2. The number of nitrogens with one attached hydrogen (secondary N) is 1. The van der Waals surface area contributed by atoms with Crippen LogP contribution in [0.1, 0.15) is 27.6 Å². The van der Waals surface area contributed by atoms with Crippen molar-refractivity contribution in [1.82, 2.24) is 0 Å². The fourth-order valence-corrected chi connectivity index (χ4v) is 2.00. The zero-order chi connectivity index (χ0) is 19.1. The van der Waals surface area contributed by atoms with E-state index in [0.717, 1.165) is 6.07 Å². The van der Waals surface area contributed by atoms with Gasteiger partial charge in [0, 0.05) is 11.3 Å². The highest BCUT2D eigenvalue weighted by atomic mass is 19.3. The second-order valence-electron chi connectivity index (χ2n) is 5.16. The van der Waals surface area contributed by atoms with Crippen LogP contribution >= 0.6 is 0 Å². The molecule has 2 aromatic carbocycles. The van der Waals surface area contributed by atoms with E-state index in [1.165, 1.54) is 25.1 Å². The maximum Gasteiger partial charge on any atom is 0.387 e. The number of alkyl halides is 2. The highest BCUT2D eigenvalue weighted by Gasteiger charge is 2.13. The molecule has 0 aliphatic heterocycles. The Morgan fingerprint density at radius 2 is 1.73 bits per heavy atom. The molecule has 0 heterocycles. The third kappa shape index (κ3) is 5.66. The van der Waals surface area contributed by atoms with Gasteiger partial charge in [0.25, 0.3) is 5.91 Å². The van der Waals surface area contributed by atoms with Crippen molar-refractivity contribution >= 4 is 23.3 Å². The number of carbonyl (C=O) groups is 3. The van der Waals surface area contributed by atoms with Crippen LogP contribution in [0.15, 0.2) is 48.5 Å². The Hall–Kier alpha value is -3.29. The van der Waals surface area contributed by atoms with Crippen LogP contribution in [0.25, 0.3) is 0 Å². The summed E-state index contributed by atoms with van der Waals surface area (Å²) >= 11 is 0. The highest BCUT2D eigenvalue weighted by Crippen LogP contribution is 2.16. The normalized spacial score (nSPS) is 10.3. The first kappa shape index (κ1) is 19.0. The van der Waals surface area contributed by atoms with Crippen LogP contribution < -0.4 is 10.1 Å². The number of hydrogen-bond acceptors (Lipinski definition) is 5. The molecule has 1 N–H and O–H groups in total. The molecule has 0 atom stereocenters. The van der Waals surface area contributed by atoms with E-state index >= 15 is 0 Å². The van der Waals surface area contributed by atoms with Gasteiger partial charge in [-0.2, -0.15) is 8.78 Å². The second-order valence-corrected chi connectivity index (χ2v) is 5.16. The largest absolute Gasteiger partial charge is 0.452 e. The summed E-state index contributed by atoms with van der Waals surface area (Å²) in [6.45, 7) is -2.15. The van der Waals surface area contributed by atoms with Gasteiger partial charge in [0.05, 0.1) is 5.56 Å². The molecule has 0 bridgehead atoms. The molecule has 8 heteroatoms. The standard InChI is InChI=1S/C18H15F2NO5/c1-11(22)12-5-7-14(8-6-12)21-16(23)10-25-17(24)13-3-2-4-15(9-13)26-18(19)20/h2-9,18H,10H2,1H3,(H,21,23). The summed E-state index contributed by atoms with van der Waals surface area (Å²) in [6.07, 6.45) is 0. The zero-order valence-corrected chi connectivity index (χ0v) is 13.7. The summed E-state index contributed by atoms with van der Waals surface area (Å²) in [5.41, 5.74) is 0.908. The molecule has 6 nitrogen and oxygen atoms in total. The number of Topliss-reactive ketones (excluding diaryl/α,β-unsaturated/α-hetero) is 1. The minimum Gasteiger partial charge on any atom is -0.452 e. The third-order valence-electron chi connectivity index (χ3n) is 3.20. The Bertz CT molecular complexity index is 805. The summed E-state index contributed by atoms with van der Waals surface area (Å²) < 4.78 is 33.4. The van der Waals surface area contributed by atoms with Crippen molar-refractivity contribution in [1.29, 1.82) is 0 Å². The molecule has 0 saturated heterocycles. The van der Waals surface area contributed by atoms with Crippen molar-refractivity contribution in [2.24, 2.45) is 0 Å². The van der Waals surface area contributed by atoms with Crippen molar-refractivity contribution < 1.29 is 32.6 Å². The van der Waals surface area contributed by atoms with Gasteiger partial charge in [0.15, 0.2) is 12.4 Å². The van der Waals surface area contributed by atoms with Crippen LogP contribution in [0, 0.1) is 0 Å². The SMILES string of the molecule is CC(=O)c1ccc(NC(=O)COC(=O)c2cccc(OC(F)F)c2)cc1. The van der Waals surface area contributed by atoms with Gasteiger partial charge in [-0.3, -0.25) is 9.59 Å². The van der Waals surface area contributed by atoms with Gasteiger partial charge in [-0.15, -0.1) is 0 Å². The van der Waals surface area contributed by atoms with E-state index in [-0.39, 0.29) is 17.1 Å². The number of carbonyl (C=O) groups excluding carboxylic acids is 3. The molecule has 0 aliphatic carbocycles. The number of ether oxygens (including phenoxy) is 2. The van der Waals surface area contributed by atoms with E-state index in [4.69, 9.17) is 4.74 Å². The van der Waals surface area contributed by atoms with Gasteiger partial charge in [-0.25, -0.2) is 4.79 Å². The predicted octanol–water partition coefficient (Wildman–Crippen LogP) is 3.29. The molecular formula is C18H15F2NO5. The van der Waals surface area contributed by atoms with Crippen molar-refractivity contribution in [3.05, 3.63) is 59.7 Å². The summed E-state index contributed by atoms with van der Waals surface area (Å²) in [5, 5.41) is 2.50. The fraction of sp³-hybridized carbons (Fsp3) is 0.167. The Kier molecular flexibility index (Phi) is 6.37. The smallest absolute Gasteiger partial charge is 0.387 e. The zero-order valence-electron chi connectivity index (χ0n) is 13.7. The number of ketones is 1. The Morgan fingerprint density at radius 3 is 2.35 bits per heavy atom. The van der Waals surface area contributed by atoms with Crippen molar-refractivity contribution in [2.75, 3.05) is 11.9 Å². The fourth-order valence-electron chi connectivity index (χ4n) is 2.00. The molecular weight excluding hydrogens is 348 g/mol. The van der Waals surface area contributed by atoms with Crippen LogP contribution in [0.3, 0.4) is 0 Å². The Morgan fingerprint density at radius 1 is 1.04 bits per heavy atom. The van der Waals surface area contributed by atoms with E-state index in [9.17, 15) is 23.2 Å². The number of esters is 1. The molecule has 0 fully saturated rings. The van der Waals surface area contributed by atoms with Crippen molar-refractivity contribution in [3.63, 3.8) is 0 Å². The molecule has 0 unspecified atom stereocenters. The Labute approximate surface area is 147 Å². The lowest BCUT2D eigenvalue weighted by Crippen LogP contribution is -2.21. The summed E-state index contributed by atoms with van der Waals surface area (Å²) in [7, 11) is 0. The molecule has 0 aromatic heterocycles. The monoisotopic (exact) mass is 363 g/mol. The van der Waals surface area contributed by atoms with E-state index in [1.807, 2.05) is 0 Å². The molecule has 1 amide bonds. The van der Waals surface area contributed by atoms with Gasteiger partial charge in [0.2, 0.25) is 0 Å². The van der Waals surface area contributed by atoms with E-state index < -0.39 is 25.1 Å². The lowest BCUT2D eigenvalue weighted by atomic mass is 10.1. The summed E-state index contributed by atoms with van der Waals surface area (Å²) in [6, 6.07) is 11.2. The summed E-state index contributed by atoms with van der Waals surface area (Å²) in [4.78, 5) is 34.9. The minimum absolute atomic E-state index is 0.0261. The lowest BCUT2D eigenvalue weighted by Gasteiger charge is -2.08. The first-order valence-electron chi connectivity index (χ1n) is 7.48. The van der Waals surface area contributed by atoms with Crippen molar-refractivity contribution in [2.45, 2.75) is 13.5 Å². The minimum atomic E-state index is -3.01. The molecule has 0 saturated carbocycles. The molecule has 136 valence electrons. The van der Waals surface area contributed by atoms with E-state index in [1.54, 1.807) is 24.3 Å². The van der Waals surface area contributed by atoms with Crippen LogP contribution in [0.2, 0.25) is 0 Å². The number of anilines is 1.